The Hall–Kier alpha value is -1.88. The number of rotatable bonds is 4. The summed E-state index contributed by atoms with van der Waals surface area (Å²) in [5.41, 5.74) is 6.56. The highest BCUT2D eigenvalue weighted by molar-refractivity contribution is 5.88. The monoisotopic (exact) mass is 219 g/mol. The number of fused-ring (bicyclic) bond motifs is 1. The third-order valence-electron chi connectivity index (χ3n) is 2.19. The number of aromatic nitrogens is 2. The zero-order valence-electron chi connectivity index (χ0n) is 9.01. The van der Waals surface area contributed by atoms with Gasteiger partial charge in [-0.15, -0.1) is 0 Å². The van der Waals surface area contributed by atoms with Crippen molar-refractivity contribution in [2.24, 2.45) is 0 Å². The smallest absolute Gasteiger partial charge is 0.134 e. The van der Waals surface area contributed by atoms with Crippen LogP contribution >= 0.6 is 0 Å². The van der Waals surface area contributed by atoms with Crippen LogP contribution in [0.4, 0.5) is 5.82 Å². The second-order valence-electron chi connectivity index (χ2n) is 3.28. The summed E-state index contributed by atoms with van der Waals surface area (Å²) in [6.45, 7) is 1.06. The average molecular weight is 219 g/mol. The molecule has 1 heterocycles. The van der Waals surface area contributed by atoms with Crippen LogP contribution in [0.3, 0.4) is 0 Å². The van der Waals surface area contributed by atoms with E-state index in [1.165, 1.54) is 6.33 Å². The first kappa shape index (κ1) is 10.6. The van der Waals surface area contributed by atoms with Gasteiger partial charge in [0.2, 0.25) is 0 Å². The maximum Gasteiger partial charge on any atom is 0.134 e. The van der Waals surface area contributed by atoms with Crippen molar-refractivity contribution in [3.05, 3.63) is 24.5 Å². The molecule has 0 atom stereocenters. The maximum absolute atomic E-state index is 5.75. The SMILES string of the molecule is COCCOc1ccc2ncnc(N)c2c1. The van der Waals surface area contributed by atoms with E-state index in [2.05, 4.69) is 9.97 Å². The van der Waals surface area contributed by atoms with Gasteiger partial charge in [-0.2, -0.15) is 0 Å². The number of ether oxygens (including phenoxy) is 2. The van der Waals surface area contributed by atoms with Crippen LogP contribution in [-0.4, -0.2) is 30.3 Å². The predicted molar refractivity (Wildman–Crippen MR) is 61.3 cm³/mol. The third-order valence-corrected chi connectivity index (χ3v) is 2.19. The number of hydrogen-bond acceptors (Lipinski definition) is 5. The van der Waals surface area contributed by atoms with Crippen molar-refractivity contribution in [3.8, 4) is 5.75 Å². The second kappa shape index (κ2) is 4.76. The van der Waals surface area contributed by atoms with Gasteiger partial charge in [0, 0.05) is 12.5 Å². The van der Waals surface area contributed by atoms with Crippen LogP contribution in [0.25, 0.3) is 10.9 Å². The number of benzene rings is 1. The van der Waals surface area contributed by atoms with Crippen molar-refractivity contribution < 1.29 is 9.47 Å². The van der Waals surface area contributed by atoms with Crippen molar-refractivity contribution in [2.75, 3.05) is 26.1 Å². The Labute approximate surface area is 93.2 Å². The zero-order chi connectivity index (χ0) is 11.4. The standard InChI is InChI=1S/C11H13N3O2/c1-15-4-5-16-8-2-3-10-9(6-8)11(12)14-7-13-10/h2-3,6-7H,4-5H2,1H3,(H2,12,13,14). The summed E-state index contributed by atoms with van der Waals surface area (Å²) in [7, 11) is 1.63. The Bertz CT molecular complexity index is 488. The van der Waals surface area contributed by atoms with Crippen LogP contribution < -0.4 is 10.5 Å². The largest absolute Gasteiger partial charge is 0.491 e. The van der Waals surface area contributed by atoms with E-state index in [-0.39, 0.29) is 0 Å². The lowest BCUT2D eigenvalue weighted by atomic mass is 10.2. The molecule has 0 aliphatic rings. The summed E-state index contributed by atoms with van der Waals surface area (Å²) >= 11 is 0. The van der Waals surface area contributed by atoms with Gasteiger partial charge < -0.3 is 15.2 Å². The Morgan fingerprint density at radius 2 is 2.12 bits per heavy atom. The fourth-order valence-corrected chi connectivity index (χ4v) is 1.39. The molecule has 5 heteroatoms. The van der Waals surface area contributed by atoms with E-state index in [4.69, 9.17) is 15.2 Å². The molecule has 0 aliphatic carbocycles. The van der Waals surface area contributed by atoms with Gasteiger partial charge in [0.1, 0.15) is 24.5 Å². The highest BCUT2D eigenvalue weighted by Crippen LogP contribution is 2.22. The highest BCUT2D eigenvalue weighted by atomic mass is 16.5. The van der Waals surface area contributed by atoms with Crippen molar-refractivity contribution in [3.63, 3.8) is 0 Å². The minimum Gasteiger partial charge on any atom is -0.491 e. The Kier molecular flexibility index (Phi) is 3.16. The molecule has 0 unspecified atom stereocenters. The fraction of sp³-hybridized carbons (Fsp3) is 0.273. The maximum atomic E-state index is 5.75. The zero-order valence-corrected chi connectivity index (χ0v) is 9.01. The van der Waals surface area contributed by atoms with Crippen LogP contribution in [0.5, 0.6) is 5.75 Å². The molecule has 0 amide bonds. The van der Waals surface area contributed by atoms with E-state index in [1.54, 1.807) is 7.11 Å². The highest BCUT2D eigenvalue weighted by Gasteiger charge is 2.02. The molecule has 0 saturated heterocycles. The van der Waals surface area contributed by atoms with Gasteiger partial charge in [-0.3, -0.25) is 0 Å². The predicted octanol–water partition coefficient (Wildman–Crippen LogP) is 1.24. The van der Waals surface area contributed by atoms with Crippen molar-refractivity contribution in [1.29, 1.82) is 0 Å². The van der Waals surface area contributed by atoms with Crippen molar-refractivity contribution in [2.45, 2.75) is 0 Å². The summed E-state index contributed by atoms with van der Waals surface area (Å²) in [5, 5.41) is 0.803. The molecule has 2 aromatic rings. The number of hydrogen-bond donors (Lipinski definition) is 1. The third kappa shape index (κ3) is 2.20. The van der Waals surface area contributed by atoms with E-state index in [9.17, 15) is 0 Å². The summed E-state index contributed by atoms with van der Waals surface area (Å²) in [6.07, 6.45) is 1.45. The van der Waals surface area contributed by atoms with Gasteiger partial charge in [0.05, 0.1) is 12.1 Å². The van der Waals surface area contributed by atoms with Crippen LogP contribution in [0.2, 0.25) is 0 Å². The number of nitrogen functional groups attached to an aromatic ring is 1. The summed E-state index contributed by atoms with van der Waals surface area (Å²) in [5.74, 6) is 1.20. The number of nitrogens with zero attached hydrogens (tertiary/aromatic N) is 2. The number of nitrogens with two attached hydrogens (primary N) is 1. The first-order chi connectivity index (χ1) is 7.81. The quantitative estimate of drug-likeness (QED) is 0.783. The van der Waals surface area contributed by atoms with Gasteiger partial charge >= 0.3 is 0 Å². The van der Waals surface area contributed by atoms with Crippen LogP contribution in [0.1, 0.15) is 0 Å². The van der Waals surface area contributed by atoms with Gasteiger partial charge in [-0.25, -0.2) is 9.97 Å². The van der Waals surface area contributed by atoms with E-state index >= 15 is 0 Å². The summed E-state index contributed by atoms with van der Waals surface area (Å²) in [6, 6.07) is 5.54. The van der Waals surface area contributed by atoms with Gasteiger partial charge in [-0.1, -0.05) is 0 Å². The normalized spacial score (nSPS) is 10.6. The Morgan fingerprint density at radius 3 is 2.94 bits per heavy atom. The molecule has 1 aromatic heterocycles. The van der Waals surface area contributed by atoms with Crippen molar-refractivity contribution >= 4 is 16.7 Å². The second-order valence-corrected chi connectivity index (χ2v) is 3.28. The van der Waals surface area contributed by atoms with E-state index in [0.29, 0.717) is 19.0 Å². The van der Waals surface area contributed by atoms with E-state index in [0.717, 1.165) is 16.7 Å². The topological polar surface area (TPSA) is 70.3 Å². The molecule has 0 spiro atoms. The van der Waals surface area contributed by atoms with Gasteiger partial charge in [0.25, 0.3) is 0 Å². The molecule has 2 N–H and O–H groups in total. The van der Waals surface area contributed by atoms with Crippen LogP contribution in [-0.2, 0) is 4.74 Å². The van der Waals surface area contributed by atoms with E-state index < -0.39 is 0 Å². The lowest BCUT2D eigenvalue weighted by molar-refractivity contribution is 0.146. The lowest BCUT2D eigenvalue weighted by Gasteiger charge is -2.06. The molecule has 0 radical (unpaired) electrons. The molecule has 0 aliphatic heterocycles. The molecule has 0 fully saturated rings. The Morgan fingerprint density at radius 1 is 1.25 bits per heavy atom. The molecule has 2 rings (SSSR count). The molecular formula is C11H13N3O2. The van der Waals surface area contributed by atoms with E-state index in [1.807, 2.05) is 18.2 Å². The minimum absolute atomic E-state index is 0.460. The molecular weight excluding hydrogens is 206 g/mol. The average Bonchev–Trinajstić information content (AvgIpc) is 2.30. The molecule has 0 saturated carbocycles. The Balaban J connectivity index is 2.25. The molecule has 0 bridgehead atoms. The molecule has 16 heavy (non-hydrogen) atoms. The van der Waals surface area contributed by atoms with Gasteiger partial charge in [0.15, 0.2) is 0 Å². The first-order valence-corrected chi connectivity index (χ1v) is 4.93. The van der Waals surface area contributed by atoms with Crippen LogP contribution in [0.15, 0.2) is 24.5 Å². The number of anilines is 1. The number of methoxy groups -OCH3 is 1. The first-order valence-electron chi connectivity index (χ1n) is 4.93. The van der Waals surface area contributed by atoms with Gasteiger partial charge in [-0.05, 0) is 18.2 Å². The summed E-state index contributed by atoms with van der Waals surface area (Å²) in [4.78, 5) is 8.04. The van der Waals surface area contributed by atoms with Crippen molar-refractivity contribution in [1.82, 2.24) is 9.97 Å². The fourth-order valence-electron chi connectivity index (χ4n) is 1.39. The summed E-state index contributed by atoms with van der Waals surface area (Å²) < 4.78 is 10.4. The molecule has 5 nitrogen and oxygen atoms in total. The molecule has 84 valence electrons. The minimum atomic E-state index is 0.460. The molecule has 1 aromatic carbocycles. The lowest BCUT2D eigenvalue weighted by Crippen LogP contribution is -2.04. The van der Waals surface area contributed by atoms with Crippen LogP contribution in [0, 0.1) is 0 Å².